The normalized spacial score (nSPS) is 27.4. The van der Waals surface area contributed by atoms with Gasteiger partial charge in [0.05, 0.1) is 30.3 Å². The molecule has 4 rings (SSSR count). The lowest BCUT2D eigenvalue weighted by atomic mass is 9.71. The summed E-state index contributed by atoms with van der Waals surface area (Å²) < 4.78 is 50.4. The minimum atomic E-state index is -4.37. The molecule has 2 saturated heterocycles. The number of carbonyl (C=O) groups excluding carboxylic acids is 2. The number of ketones is 1. The number of nitrogens with zero attached hydrogens (tertiary/aromatic N) is 1. The van der Waals surface area contributed by atoms with E-state index in [0.29, 0.717) is 0 Å². The number of nitrogens with one attached hydrogen (secondary N) is 1. The molecule has 2 aliphatic rings. The Hall–Kier alpha value is -5.08. The zero-order valence-corrected chi connectivity index (χ0v) is 41.2. The maximum atomic E-state index is 13.5. The van der Waals surface area contributed by atoms with Crippen LogP contribution in [0.5, 0.6) is 5.75 Å². The molecule has 1 aromatic carbocycles. The fourth-order valence-electron chi connectivity index (χ4n) is 8.19. The average Bonchev–Trinajstić information content (AvgIpc) is 3.57. The highest BCUT2D eigenvalue weighted by Crippen LogP contribution is 2.44. The van der Waals surface area contributed by atoms with Crippen molar-refractivity contribution < 1.29 is 61.9 Å². The third kappa shape index (κ3) is 12.8. The highest BCUT2D eigenvalue weighted by Gasteiger charge is 2.60. The first kappa shape index (κ1) is 55.5. The Morgan fingerprint density at radius 3 is 2.24 bits per heavy atom. The summed E-state index contributed by atoms with van der Waals surface area (Å²) in [4.78, 5) is 39.8. The lowest BCUT2D eigenvalue weighted by molar-refractivity contribution is -0.359. The molecule has 3 heterocycles. The van der Waals surface area contributed by atoms with E-state index in [-0.39, 0.29) is 23.4 Å². The summed E-state index contributed by atoms with van der Waals surface area (Å²) in [6.07, 6.45) is 12.3. The number of aliphatic hydroxyl groups is 5. The van der Waals surface area contributed by atoms with E-state index in [0.717, 1.165) is 15.7 Å². The van der Waals surface area contributed by atoms with Crippen molar-refractivity contribution in [2.75, 3.05) is 13.7 Å². The lowest BCUT2D eigenvalue weighted by Crippen LogP contribution is -2.69. The molecule has 2 fully saturated rings. The molecule has 372 valence electrons. The minimum absolute atomic E-state index is 0.0617. The summed E-state index contributed by atoms with van der Waals surface area (Å²) in [7, 11) is -1.43. The van der Waals surface area contributed by atoms with Crippen LogP contribution in [0.25, 0.3) is 0 Å². The summed E-state index contributed by atoms with van der Waals surface area (Å²) in [5, 5.41) is 58.3. The van der Waals surface area contributed by atoms with Gasteiger partial charge in [-0.2, -0.15) is 8.42 Å². The van der Waals surface area contributed by atoms with Crippen LogP contribution in [-0.4, -0.2) is 118 Å². The van der Waals surface area contributed by atoms with Gasteiger partial charge in [0.15, 0.2) is 11.5 Å². The first-order chi connectivity index (χ1) is 32.0. The van der Waals surface area contributed by atoms with E-state index in [9.17, 15) is 48.3 Å². The molecule has 11 atom stereocenters. The standard InChI is InChI=1S/C51H68N2O14S/c1-11-13-15-23-39-50(7,8)46(57)47(58)51(61,66-39)36(12-2)48(59)52-29-19-18-21-33(5)44(64-10)34(6)45-43(56)42(55)38(65-45)22-17-14-16-20-32(4)41(54)40-37(28-30-53(9)49(40)60)67-68(62,63)35-26-24-31(3)25-27-35/h11,13-28,30,34,36,38-39,42-47,55-58,61H,12,29H2,1-10H3,(H,52,59)/b13-11-,16-14+,19-18+,22-17+,23-15+,32-20+,33-21+/t34-,36-,38-,39+,42+,43+,44-,45+,46+,47-,51-/m1/s1. The van der Waals surface area contributed by atoms with Crippen LogP contribution >= 0.6 is 0 Å². The van der Waals surface area contributed by atoms with Crippen molar-refractivity contribution >= 4 is 21.8 Å². The number of aliphatic hydroxyl groups excluding tert-OH is 4. The second kappa shape index (κ2) is 24.0. The van der Waals surface area contributed by atoms with E-state index in [2.05, 4.69) is 5.32 Å². The minimum Gasteiger partial charge on any atom is -0.390 e. The quantitative estimate of drug-likeness (QED) is 0.0465. The Labute approximate surface area is 399 Å². The smallest absolute Gasteiger partial charge is 0.339 e. The van der Waals surface area contributed by atoms with E-state index in [1.807, 2.05) is 20.8 Å². The van der Waals surface area contributed by atoms with Crippen LogP contribution in [0, 0.1) is 24.2 Å². The Morgan fingerprint density at radius 1 is 0.941 bits per heavy atom. The summed E-state index contributed by atoms with van der Waals surface area (Å²) in [6, 6.07) is 7.17. The molecule has 16 nitrogen and oxygen atoms in total. The molecular weight excluding hydrogens is 897 g/mol. The summed E-state index contributed by atoms with van der Waals surface area (Å²) in [6.45, 7) is 13.9. The number of allylic oxidation sites excluding steroid dienone is 10. The van der Waals surface area contributed by atoms with Crippen LogP contribution in [0.15, 0.2) is 130 Å². The van der Waals surface area contributed by atoms with Crippen molar-refractivity contribution in [1.29, 1.82) is 0 Å². The van der Waals surface area contributed by atoms with E-state index >= 15 is 0 Å². The number of rotatable bonds is 20. The summed E-state index contributed by atoms with van der Waals surface area (Å²) >= 11 is 0. The Kier molecular flexibility index (Phi) is 19.6. The molecule has 2 aliphatic heterocycles. The SMILES string of the molecule is C/C=C\C=C\[C@@H]1O[C@](O)([C@H](CC)C(=O)NC/C=C/C=C(\C)[C@@H](OC)[C@@H](C)[C@@H]2O[C@H](/C=C/C=C/C=C(\C)C(=O)c3c(OS(=O)(=O)c4ccc(C)cc4)ccn(C)c3=O)[C@H](O)[C@@H]2O)[C@H](O)[C@H](O)C1(C)C. The number of pyridine rings is 1. The molecular formula is C51H68N2O14S. The number of Topliss-reactive ketones (excluding diaryl/α,β-unsaturated/α-hetero) is 1. The van der Waals surface area contributed by atoms with Gasteiger partial charge >= 0.3 is 10.1 Å². The molecule has 0 radical (unpaired) electrons. The molecule has 2 aromatic rings. The number of benzene rings is 1. The van der Waals surface area contributed by atoms with E-state index in [1.54, 1.807) is 101 Å². The van der Waals surface area contributed by atoms with Gasteiger partial charge in [-0.25, -0.2) is 0 Å². The van der Waals surface area contributed by atoms with E-state index < -0.39 is 111 Å². The largest absolute Gasteiger partial charge is 0.390 e. The highest BCUT2D eigenvalue weighted by molar-refractivity contribution is 7.87. The lowest BCUT2D eigenvalue weighted by Gasteiger charge is -2.53. The zero-order chi connectivity index (χ0) is 50.7. The molecule has 0 unspecified atom stereocenters. The van der Waals surface area contributed by atoms with Crippen LogP contribution in [0.4, 0.5) is 0 Å². The van der Waals surface area contributed by atoms with Gasteiger partial charge in [0.2, 0.25) is 11.7 Å². The molecule has 0 spiro atoms. The molecule has 0 saturated carbocycles. The molecule has 0 aliphatic carbocycles. The van der Waals surface area contributed by atoms with Crippen molar-refractivity contribution in [1.82, 2.24) is 9.88 Å². The first-order valence-electron chi connectivity index (χ1n) is 22.5. The predicted octanol–water partition coefficient (Wildman–Crippen LogP) is 4.46. The van der Waals surface area contributed by atoms with Gasteiger partial charge < -0.3 is 53.8 Å². The van der Waals surface area contributed by atoms with Crippen LogP contribution in [0.3, 0.4) is 0 Å². The van der Waals surface area contributed by atoms with E-state index in [1.165, 1.54) is 57.6 Å². The Bertz CT molecular complexity index is 2470. The van der Waals surface area contributed by atoms with Gasteiger partial charge in [-0.15, -0.1) is 0 Å². The number of methoxy groups -OCH3 is 1. The van der Waals surface area contributed by atoms with Crippen molar-refractivity contribution in [3.05, 3.63) is 142 Å². The molecule has 1 amide bonds. The molecule has 17 heteroatoms. The van der Waals surface area contributed by atoms with Crippen molar-refractivity contribution in [2.45, 2.75) is 121 Å². The predicted molar refractivity (Wildman–Crippen MR) is 257 cm³/mol. The first-order valence-corrected chi connectivity index (χ1v) is 23.9. The molecule has 68 heavy (non-hydrogen) atoms. The maximum Gasteiger partial charge on any atom is 0.339 e. The van der Waals surface area contributed by atoms with Gasteiger partial charge in [-0.05, 0) is 63.5 Å². The second-order valence-corrected chi connectivity index (χ2v) is 19.3. The van der Waals surface area contributed by atoms with Crippen molar-refractivity contribution in [2.24, 2.45) is 24.3 Å². The number of amides is 1. The van der Waals surface area contributed by atoms with Gasteiger partial charge in [-0.1, -0.05) is 118 Å². The van der Waals surface area contributed by atoms with Crippen LogP contribution in [0.1, 0.15) is 70.8 Å². The van der Waals surface area contributed by atoms with Crippen molar-refractivity contribution in [3.63, 3.8) is 0 Å². The average molecular weight is 965 g/mol. The number of carbonyl (C=O) groups is 2. The number of hydrogen-bond acceptors (Lipinski definition) is 14. The van der Waals surface area contributed by atoms with Crippen molar-refractivity contribution in [3.8, 4) is 5.75 Å². The fourth-order valence-corrected chi connectivity index (χ4v) is 9.14. The van der Waals surface area contributed by atoms with Gasteiger partial charge in [0, 0.05) is 38.2 Å². The maximum absolute atomic E-state index is 13.5. The number of aryl methyl sites for hydroxylation is 2. The molecule has 6 N–H and O–H groups in total. The number of hydrogen-bond donors (Lipinski definition) is 6. The van der Waals surface area contributed by atoms with Gasteiger partial charge in [-0.3, -0.25) is 14.4 Å². The molecule has 0 bridgehead atoms. The van der Waals surface area contributed by atoms with Crippen LogP contribution < -0.4 is 15.1 Å². The third-order valence-electron chi connectivity index (χ3n) is 12.5. The van der Waals surface area contributed by atoms with Crippen LogP contribution in [-0.2, 0) is 36.2 Å². The van der Waals surface area contributed by atoms with Gasteiger partial charge in [0.25, 0.3) is 5.56 Å². The van der Waals surface area contributed by atoms with E-state index in [4.69, 9.17) is 18.4 Å². The monoisotopic (exact) mass is 964 g/mol. The number of ether oxygens (including phenoxy) is 3. The van der Waals surface area contributed by atoms with Crippen LogP contribution in [0.2, 0.25) is 0 Å². The highest BCUT2D eigenvalue weighted by atomic mass is 32.2. The Balaban J connectivity index is 1.36. The van der Waals surface area contributed by atoms with Gasteiger partial charge in [0.1, 0.15) is 34.9 Å². The summed E-state index contributed by atoms with van der Waals surface area (Å²) in [5.74, 6) is -5.75. The Morgan fingerprint density at radius 2 is 1.60 bits per heavy atom. The summed E-state index contributed by atoms with van der Waals surface area (Å²) in [5.41, 5.74) is -0.481. The number of aromatic nitrogens is 1. The zero-order valence-electron chi connectivity index (χ0n) is 40.3. The molecule has 1 aromatic heterocycles. The topological polar surface area (TPSA) is 240 Å². The second-order valence-electron chi connectivity index (χ2n) is 17.8. The third-order valence-corrected chi connectivity index (χ3v) is 13.7. The fraction of sp³-hybridized carbons (Fsp3) is 0.471.